The number of hydrogen-bond donors (Lipinski definition) is 2. The minimum Gasteiger partial charge on any atom is -0.478 e. The van der Waals surface area contributed by atoms with Crippen LogP contribution in [0.1, 0.15) is 23.2 Å². The second-order valence-electron chi connectivity index (χ2n) is 4.67. The third kappa shape index (κ3) is 1.97. The number of carboxylic acid groups (broad SMARTS) is 1. The summed E-state index contributed by atoms with van der Waals surface area (Å²) in [5.41, 5.74) is 5.69. The molecule has 0 aromatic heterocycles. The van der Waals surface area contributed by atoms with E-state index < -0.39 is 11.4 Å². The van der Waals surface area contributed by atoms with Gasteiger partial charge in [-0.05, 0) is 25.0 Å². The van der Waals surface area contributed by atoms with Crippen LogP contribution in [0.15, 0.2) is 24.3 Å². The summed E-state index contributed by atoms with van der Waals surface area (Å²) in [5.74, 6) is -1.14. The van der Waals surface area contributed by atoms with Crippen LogP contribution in [0.2, 0.25) is 0 Å². The van der Waals surface area contributed by atoms with E-state index >= 15 is 0 Å². The molecule has 0 bridgehead atoms. The molecule has 0 saturated heterocycles. The molecule has 1 amide bonds. The molecule has 0 heterocycles. The maximum absolute atomic E-state index is 12.3. The number of carboxylic acids is 1. The second-order valence-corrected chi connectivity index (χ2v) is 4.67. The maximum Gasteiger partial charge on any atom is 0.337 e. The van der Waals surface area contributed by atoms with Gasteiger partial charge in [-0.25, -0.2) is 4.79 Å². The van der Waals surface area contributed by atoms with Crippen LogP contribution in [0, 0.1) is 5.41 Å². The molecule has 0 aliphatic heterocycles. The van der Waals surface area contributed by atoms with Crippen LogP contribution < -0.4 is 10.6 Å². The van der Waals surface area contributed by atoms with Crippen molar-refractivity contribution in [1.29, 1.82) is 0 Å². The molecule has 5 nitrogen and oxygen atoms in total. The number of aromatic carboxylic acids is 1. The van der Waals surface area contributed by atoms with Crippen molar-refractivity contribution in [3.63, 3.8) is 0 Å². The lowest BCUT2D eigenvalue weighted by atomic mass is 10.0. The SMILES string of the molecule is CN(C(=O)C1(CN)CC1)c1ccccc1C(=O)O. The van der Waals surface area contributed by atoms with Gasteiger partial charge in [0.25, 0.3) is 0 Å². The third-order valence-electron chi connectivity index (χ3n) is 3.50. The van der Waals surface area contributed by atoms with Crippen LogP contribution in [0.25, 0.3) is 0 Å². The summed E-state index contributed by atoms with van der Waals surface area (Å²) in [4.78, 5) is 24.8. The van der Waals surface area contributed by atoms with Crippen LogP contribution in [-0.2, 0) is 4.79 Å². The highest BCUT2D eigenvalue weighted by Gasteiger charge is 2.50. The lowest BCUT2D eigenvalue weighted by Crippen LogP contribution is -2.38. The van der Waals surface area contributed by atoms with E-state index in [1.165, 1.54) is 11.0 Å². The number of hydrogen-bond acceptors (Lipinski definition) is 3. The average molecular weight is 248 g/mol. The second kappa shape index (κ2) is 4.42. The Bertz CT molecular complexity index is 495. The molecule has 2 rings (SSSR count). The number of rotatable bonds is 4. The van der Waals surface area contributed by atoms with Crippen LogP contribution in [0.4, 0.5) is 5.69 Å². The number of carbonyl (C=O) groups excluding carboxylic acids is 1. The van der Waals surface area contributed by atoms with Gasteiger partial charge in [0.15, 0.2) is 0 Å². The van der Waals surface area contributed by atoms with Crippen LogP contribution in [0.3, 0.4) is 0 Å². The smallest absolute Gasteiger partial charge is 0.337 e. The van der Waals surface area contributed by atoms with Gasteiger partial charge in [-0.1, -0.05) is 12.1 Å². The van der Waals surface area contributed by atoms with E-state index in [1.54, 1.807) is 25.2 Å². The Morgan fingerprint density at radius 1 is 1.39 bits per heavy atom. The van der Waals surface area contributed by atoms with Crippen molar-refractivity contribution in [2.75, 3.05) is 18.5 Å². The molecule has 1 aliphatic rings. The highest BCUT2D eigenvalue weighted by Crippen LogP contribution is 2.46. The van der Waals surface area contributed by atoms with Gasteiger partial charge >= 0.3 is 5.97 Å². The van der Waals surface area contributed by atoms with E-state index in [1.807, 2.05) is 0 Å². The molecule has 18 heavy (non-hydrogen) atoms. The predicted octanol–water partition coefficient (Wildman–Crippen LogP) is 1.09. The topological polar surface area (TPSA) is 83.6 Å². The molecule has 0 spiro atoms. The first-order chi connectivity index (χ1) is 8.52. The lowest BCUT2D eigenvalue weighted by molar-refractivity contribution is -0.123. The minimum atomic E-state index is -1.04. The third-order valence-corrected chi connectivity index (χ3v) is 3.50. The van der Waals surface area contributed by atoms with Crippen molar-refractivity contribution < 1.29 is 14.7 Å². The molecule has 1 saturated carbocycles. The Kier molecular flexibility index (Phi) is 3.09. The zero-order valence-corrected chi connectivity index (χ0v) is 10.2. The molecule has 3 N–H and O–H groups in total. The Morgan fingerprint density at radius 3 is 2.50 bits per heavy atom. The zero-order valence-electron chi connectivity index (χ0n) is 10.2. The highest BCUT2D eigenvalue weighted by atomic mass is 16.4. The van der Waals surface area contributed by atoms with Gasteiger partial charge in [0.2, 0.25) is 5.91 Å². The van der Waals surface area contributed by atoms with E-state index in [0.717, 1.165) is 12.8 Å². The quantitative estimate of drug-likeness (QED) is 0.835. The number of nitrogens with two attached hydrogens (primary N) is 1. The Morgan fingerprint density at radius 2 is 2.00 bits per heavy atom. The van der Waals surface area contributed by atoms with Crippen LogP contribution in [0.5, 0.6) is 0 Å². The van der Waals surface area contributed by atoms with Crippen molar-refractivity contribution in [1.82, 2.24) is 0 Å². The summed E-state index contributed by atoms with van der Waals surface area (Å²) >= 11 is 0. The predicted molar refractivity (Wildman–Crippen MR) is 67.5 cm³/mol. The Balaban J connectivity index is 2.32. The molecule has 1 aromatic carbocycles. The number of benzene rings is 1. The first-order valence-corrected chi connectivity index (χ1v) is 5.82. The molecular formula is C13H16N2O3. The first kappa shape index (κ1) is 12.6. The fourth-order valence-electron chi connectivity index (χ4n) is 2.07. The summed E-state index contributed by atoms with van der Waals surface area (Å²) in [6.07, 6.45) is 1.56. The maximum atomic E-state index is 12.3. The van der Waals surface area contributed by atoms with E-state index in [2.05, 4.69) is 0 Å². The minimum absolute atomic E-state index is 0.0984. The average Bonchev–Trinajstić information content (AvgIpc) is 3.18. The summed E-state index contributed by atoms with van der Waals surface area (Å²) in [6.45, 7) is 0.311. The van der Waals surface area contributed by atoms with Gasteiger partial charge < -0.3 is 15.7 Å². The molecule has 0 radical (unpaired) electrons. The fraction of sp³-hybridized carbons (Fsp3) is 0.385. The van der Waals surface area contributed by atoms with Crippen molar-refractivity contribution in [2.45, 2.75) is 12.8 Å². The highest BCUT2D eigenvalue weighted by molar-refractivity contribution is 6.04. The van der Waals surface area contributed by atoms with Gasteiger partial charge in [-0.3, -0.25) is 4.79 Å². The van der Waals surface area contributed by atoms with Gasteiger partial charge in [0, 0.05) is 13.6 Å². The van der Waals surface area contributed by atoms with Crippen molar-refractivity contribution in [3.05, 3.63) is 29.8 Å². The number of nitrogens with zero attached hydrogens (tertiary/aromatic N) is 1. The molecule has 5 heteroatoms. The number of anilines is 1. The normalized spacial score (nSPS) is 16.1. The standard InChI is InChI=1S/C13H16N2O3/c1-15(12(18)13(8-14)6-7-13)10-5-3-2-4-9(10)11(16)17/h2-5H,6-8,14H2,1H3,(H,16,17). The van der Waals surface area contributed by atoms with E-state index in [9.17, 15) is 9.59 Å². The number of para-hydroxylation sites is 1. The summed E-state index contributed by atoms with van der Waals surface area (Å²) in [6, 6.07) is 6.48. The molecule has 0 unspecified atom stereocenters. The molecule has 1 aromatic rings. The number of amides is 1. The van der Waals surface area contributed by atoms with Gasteiger partial charge in [0.05, 0.1) is 16.7 Å². The van der Waals surface area contributed by atoms with Crippen molar-refractivity contribution in [2.24, 2.45) is 11.1 Å². The van der Waals surface area contributed by atoms with Gasteiger partial charge in [-0.2, -0.15) is 0 Å². The zero-order chi connectivity index (χ0) is 13.3. The first-order valence-electron chi connectivity index (χ1n) is 5.82. The monoisotopic (exact) mass is 248 g/mol. The van der Waals surface area contributed by atoms with Crippen molar-refractivity contribution >= 4 is 17.6 Å². The summed E-state index contributed by atoms with van der Waals surface area (Å²) in [7, 11) is 1.60. The molecule has 1 fully saturated rings. The van der Waals surface area contributed by atoms with Gasteiger partial charge in [0.1, 0.15) is 0 Å². The van der Waals surface area contributed by atoms with E-state index in [0.29, 0.717) is 12.2 Å². The summed E-state index contributed by atoms with van der Waals surface area (Å²) in [5, 5.41) is 9.11. The van der Waals surface area contributed by atoms with E-state index in [4.69, 9.17) is 10.8 Å². The van der Waals surface area contributed by atoms with E-state index in [-0.39, 0.29) is 11.5 Å². The Labute approximate surface area is 105 Å². The number of carbonyl (C=O) groups is 2. The molecule has 0 atom stereocenters. The summed E-state index contributed by atoms with van der Waals surface area (Å²) < 4.78 is 0. The lowest BCUT2D eigenvalue weighted by Gasteiger charge is -2.23. The van der Waals surface area contributed by atoms with Crippen LogP contribution in [-0.4, -0.2) is 30.6 Å². The largest absolute Gasteiger partial charge is 0.478 e. The van der Waals surface area contributed by atoms with Gasteiger partial charge in [-0.15, -0.1) is 0 Å². The van der Waals surface area contributed by atoms with Crippen LogP contribution >= 0.6 is 0 Å². The van der Waals surface area contributed by atoms with Crippen molar-refractivity contribution in [3.8, 4) is 0 Å². The molecule has 1 aliphatic carbocycles. The Hall–Kier alpha value is -1.88. The molecular weight excluding hydrogens is 232 g/mol. The molecule has 96 valence electrons. The fourth-order valence-corrected chi connectivity index (χ4v) is 2.07.